The van der Waals surface area contributed by atoms with E-state index in [1.54, 1.807) is 36.4 Å². The second-order valence-electron chi connectivity index (χ2n) is 8.79. The number of morpholine rings is 1. The Kier molecular flexibility index (Phi) is 6.53. The van der Waals surface area contributed by atoms with Crippen molar-refractivity contribution in [2.75, 3.05) is 49.6 Å². The van der Waals surface area contributed by atoms with Crippen LogP contribution in [0.25, 0.3) is 0 Å². The van der Waals surface area contributed by atoms with Crippen molar-refractivity contribution in [3.05, 3.63) is 54.2 Å². The van der Waals surface area contributed by atoms with Crippen LogP contribution in [0.2, 0.25) is 0 Å². The summed E-state index contributed by atoms with van der Waals surface area (Å²) in [7, 11) is -3.69. The van der Waals surface area contributed by atoms with Crippen molar-refractivity contribution in [2.45, 2.75) is 35.6 Å². The lowest BCUT2D eigenvalue weighted by Crippen LogP contribution is -2.49. The van der Waals surface area contributed by atoms with Gasteiger partial charge in [0.25, 0.3) is 0 Å². The summed E-state index contributed by atoms with van der Waals surface area (Å²) in [6.07, 6.45) is 2.03. The highest BCUT2D eigenvalue weighted by molar-refractivity contribution is 7.91. The molecule has 34 heavy (non-hydrogen) atoms. The minimum absolute atomic E-state index is 0.216. The van der Waals surface area contributed by atoms with Crippen LogP contribution in [0.4, 0.5) is 17.5 Å². The molecule has 0 spiro atoms. The quantitative estimate of drug-likeness (QED) is 0.553. The number of aryl methyl sites for hydroxylation is 1. The van der Waals surface area contributed by atoms with Crippen LogP contribution in [-0.4, -0.2) is 73.9 Å². The van der Waals surface area contributed by atoms with Gasteiger partial charge in [0.2, 0.25) is 9.84 Å². The van der Waals surface area contributed by atoms with Crippen LogP contribution >= 0.6 is 0 Å². The third-order valence-corrected chi connectivity index (χ3v) is 8.21. The number of sulfone groups is 1. The molecule has 0 aliphatic carbocycles. The lowest BCUT2D eigenvalue weighted by Gasteiger charge is -2.40. The van der Waals surface area contributed by atoms with E-state index in [-0.39, 0.29) is 9.79 Å². The highest BCUT2D eigenvalue weighted by Crippen LogP contribution is 2.30. The fraction of sp³-hybridized carbons (Fsp3) is 0.417. The molecule has 2 aliphatic rings. The van der Waals surface area contributed by atoms with Crippen molar-refractivity contribution in [1.29, 1.82) is 0 Å². The number of nitrogens with zero attached hydrogens (tertiary/aromatic N) is 4. The zero-order valence-electron chi connectivity index (χ0n) is 19.3. The molecule has 10 heteroatoms. The zero-order chi connectivity index (χ0) is 23.5. The number of nitrogens with one attached hydrogen (secondary N) is 2. The monoisotopic (exact) mass is 482 g/mol. The number of pyridine rings is 1. The molecule has 4 heterocycles. The summed E-state index contributed by atoms with van der Waals surface area (Å²) in [6.45, 7) is 7.10. The van der Waals surface area contributed by atoms with Gasteiger partial charge in [-0.2, -0.15) is 5.10 Å². The first-order valence-corrected chi connectivity index (χ1v) is 13.2. The van der Waals surface area contributed by atoms with Crippen molar-refractivity contribution < 1.29 is 13.2 Å². The predicted molar refractivity (Wildman–Crippen MR) is 130 cm³/mol. The van der Waals surface area contributed by atoms with Gasteiger partial charge in [-0.05, 0) is 38.0 Å². The second-order valence-corrected chi connectivity index (χ2v) is 10.7. The summed E-state index contributed by atoms with van der Waals surface area (Å²) in [6, 6.07) is 14.2. The summed E-state index contributed by atoms with van der Waals surface area (Å²) < 4.78 is 32.3. The van der Waals surface area contributed by atoms with Gasteiger partial charge in [-0.1, -0.05) is 18.2 Å². The first-order valence-electron chi connectivity index (χ1n) is 11.7. The van der Waals surface area contributed by atoms with Gasteiger partial charge in [-0.3, -0.25) is 10.00 Å². The van der Waals surface area contributed by atoms with E-state index in [1.165, 1.54) is 0 Å². The summed E-state index contributed by atoms with van der Waals surface area (Å²) in [5.41, 5.74) is 0.904. The van der Waals surface area contributed by atoms with E-state index in [2.05, 4.69) is 25.3 Å². The molecule has 2 aromatic heterocycles. The predicted octanol–water partition coefficient (Wildman–Crippen LogP) is 2.99. The van der Waals surface area contributed by atoms with Gasteiger partial charge >= 0.3 is 0 Å². The van der Waals surface area contributed by atoms with Gasteiger partial charge in [0.15, 0.2) is 5.82 Å². The Hall–Kier alpha value is -2.95. The van der Waals surface area contributed by atoms with Crippen molar-refractivity contribution >= 4 is 27.3 Å². The Morgan fingerprint density at radius 2 is 1.71 bits per heavy atom. The number of anilines is 3. The van der Waals surface area contributed by atoms with Gasteiger partial charge in [0.1, 0.15) is 11.6 Å². The fourth-order valence-corrected chi connectivity index (χ4v) is 5.94. The molecule has 180 valence electrons. The highest BCUT2D eigenvalue weighted by Gasteiger charge is 2.28. The van der Waals surface area contributed by atoms with Gasteiger partial charge in [-0.25, -0.2) is 13.4 Å². The molecule has 0 amide bonds. The maximum Gasteiger partial charge on any atom is 0.206 e. The van der Waals surface area contributed by atoms with Crippen LogP contribution in [-0.2, 0) is 14.6 Å². The van der Waals surface area contributed by atoms with Crippen molar-refractivity contribution in [3.63, 3.8) is 0 Å². The molecule has 2 saturated heterocycles. The minimum atomic E-state index is -3.69. The van der Waals surface area contributed by atoms with Crippen LogP contribution in [0.1, 0.15) is 18.5 Å². The molecule has 0 atom stereocenters. The third-order valence-electron chi connectivity index (χ3n) is 6.46. The van der Waals surface area contributed by atoms with Crippen molar-refractivity contribution in [2.24, 2.45) is 0 Å². The fourth-order valence-electron chi connectivity index (χ4n) is 4.62. The van der Waals surface area contributed by atoms with E-state index >= 15 is 0 Å². The van der Waals surface area contributed by atoms with Crippen LogP contribution in [0.5, 0.6) is 0 Å². The zero-order valence-corrected chi connectivity index (χ0v) is 20.1. The molecule has 2 aliphatic heterocycles. The molecule has 0 saturated carbocycles. The number of ether oxygens (including phenoxy) is 1. The summed E-state index contributed by atoms with van der Waals surface area (Å²) in [5.74, 6) is 1.71. The van der Waals surface area contributed by atoms with Crippen molar-refractivity contribution in [3.8, 4) is 0 Å². The smallest absolute Gasteiger partial charge is 0.206 e. The number of aromatic nitrogens is 3. The van der Waals surface area contributed by atoms with Crippen LogP contribution < -0.4 is 10.2 Å². The SMILES string of the molecule is Cc1cc(Nc2cc(S(=O)(=O)c3ccccc3)cc(N3CCC(N4CCOCC4)CC3)n2)n[nH]1. The molecule has 0 unspecified atom stereocenters. The van der Waals surface area contributed by atoms with E-state index < -0.39 is 9.84 Å². The molecule has 3 aromatic rings. The Labute approximate surface area is 200 Å². The van der Waals surface area contributed by atoms with E-state index in [0.717, 1.165) is 57.9 Å². The summed E-state index contributed by atoms with van der Waals surface area (Å²) in [5, 5.41) is 10.3. The topological polar surface area (TPSA) is 103 Å². The normalized spacial score (nSPS) is 18.2. The maximum atomic E-state index is 13.4. The Balaban J connectivity index is 1.43. The van der Waals surface area contributed by atoms with Gasteiger partial charge in [0, 0.05) is 50.0 Å². The van der Waals surface area contributed by atoms with Crippen LogP contribution in [0.15, 0.2) is 58.3 Å². The number of hydrogen-bond donors (Lipinski definition) is 2. The number of aromatic amines is 1. The molecule has 2 fully saturated rings. The van der Waals surface area contributed by atoms with Crippen LogP contribution in [0.3, 0.4) is 0 Å². The second kappa shape index (κ2) is 9.73. The average molecular weight is 483 g/mol. The molecular formula is C24H30N6O3S. The van der Waals surface area contributed by atoms with Crippen molar-refractivity contribution in [1.82, 2.24) is 20.1 Å². The van der Waals surface area contributed by atoms with E-state index in [0.29, 0.717) is 23.5 Å². The van der Waals surface area contributed by atoms with Crippen LogP contribution in [0, 0.1) is 6.92 Å². The molecular weight excluding hydrogens is 452 g/mol. The number of benzene rings is 1. The lowest BCUT2D eigenvalue weighted by atomic mass is 10.0. The van der Waals surface area contributed by atoms with E-state index in [1.807, 2.05) is 19.1 Å². The lowest BCUT2D eigenvalue weighted by molar-refractivity contribution is 0.0115. The molecule has 0 radical (unpaired) electrons. The minimum Gasteiger partial charge on any atom is -0.379 e. The standard InChI is InChI=1S/C24H30N6O3S/c1-18-15-23(28-27-18)25-22-16-21(34(31,32)20-5-3-2-4-6-20)17-24(26-22)30-9-7-19(8-10-30)29-11-13-33-14-12-29/h2-6,15-17,19H,7-14H2,1H3,(H2,25,26,27,28). The van der Waals surface area contributed by atoms with Gasteiger partial charge in [0.05, 0.1) is 23.0 Å². The van der Waals surface area contributed by atoms with Gasteiger partial charge in [-0.15, -0.1) is 0 Å². The number of hydrogen-bond acceptors (Lipinski definition) is 8. The Morgan fingerprint density at radius 1 is 0.971 bits per heavy atom. The Bertz CT molecular complexity index is 1220. The maximum absolute atomic E-state index is 13.4. The first kappa shape index (κ1) is 22.8. The number of rotatable bonds is 6. The summed E-state index contributed by atoms with van der Waals surface area (Å²) >= 11 is 0. The molecule has 9 nitrogen and oxygen atoms in total. The van der Waals surface area contributed by atoms with E-state index in [9.17, 15) is 8.42 Å². The highest BCUT2D eigenvalue weighted by atomic mass is 32.2. The number of piperidine rings is 1. The van der Waals surface area contributed by atoms with E-state index in [4.69, 9.17) is 9.72 Å². The Morgan fingerprint density at radius 3 is 2.38 bits per heavy atom. The largest absolute Gasteiger partial charge is 0.379 e. The molecule has 2 N–H and O–H groups in total. The molecule has 0 bridgehead atoms. The third kappa shape index (κ3) is 4.94. The summed E-state index contributed by atoms with van der Waals surface area (Å²) in [4.78, 5) is 9.94. The van der Waals surface area contributed by atoms with Gasteiger partial charge < -0.3 is 15.0 Å². The number of H-pyrrole nitrogens is 1. The average Bonchev–Trinajstić information content (AvgIpc) is 3.29. The molecule has 1 aromatic carbocycles. The first-order chi connectivity index (χ1) is 16.5. The molecule has 5 rings (SSSR count).